The van der Waals surface area contributed by atoms with E-state index in [0.29, 0.717) is 53.3 Å². The highest BCUT2D eigenvalue weighted by Crippen LogP contribution is 2.34. The van der Waals surface area contributed by atoms with Gasteiger partial charge in [-0.3, -0.25) is 0 Å². The first-order chi connectivity index (χ1) is 31.5. The molecular weight excluding hydrogens is 829 g/mol. The van der Waals surface area contributed by atoms with Crippen LogP contribution in [-0.4, -0.2) is 145 Å². The molecule has 3 N–H and O–H groups in total. The van der Waals surface area contributed by atoms with Crippen LogP contribution < -0.4 is 29.9 Å². The number of carbonyl (C=O) groups is 2. The second kappa shape index (κ2) is 21.5. The first-order valence-corrected chi connectivity index (χ1v) is 21.7. The number of aromatic nitrogens is 6. The first-order valence-electron chi connectivity index (χ1n) is 21.7. The third-order valence-electron chi connectivity index (χ3n) is 11.2. The van der Waals surface area contributed by atoms with Gasteiger partial charge in [0.15, 0.2) is 0 Å². The molecule has 6 aromatic rings. The second-order valence-corrected chi connectivity index (χ2v) is 15.6. The number of likely N-dealkylation sites (N-methyl/N-ethyl adjacent to an activating group) is 2. The summed E-state index contributed by atoms with van der Waals surface area (Å²) in [6.45, 7) is 12.3. The van der Waals surface area contributed by atoms with Crippen LogP contribution in [0.3, 0.4) is 0 Å². The molecule has 18 heteroatoms. The number of ether oxygens (including phenoxy) is 4. The fourth-order valence-corrected chi connectivity index (χ4v) is 7.48. The molecule has 0 unspecified atom stereocenters. The normalized spacial score (nSPS) is 14.3. The maximum Gasteiger partial charge on any atom is 0.339 e. The van der Waals surface area contributed by atoms with E-state index in [2.05, 4.69) is 81.4 Å². The van der Waals surface area contributed by atoms with Crippen LogP contribution in [0.5, 0.6) is 11.5 Å². The zero-order valence-electron chi connectivity index (χ0n) is 38.1. The number of carbonyl (C=O) groups excluding carboxylic acids is 2. The summed E-state index contributed by atoms with van der Waals surface area (Å²) in [6, 6.07) is 19.3. The summed E-state index contributed by atoms with van der Waals surface area (Å²) in [5.74, 6) is 1.60. The van der Waals surface area contributed by atoms with Crippen molar-refractivity contribution in [2.75, 3.05) is 114 Å². The third-order valence-corrected chi connectivity index (χ3v) is 11.2. The predicted octanol–water partition coefficient (Wildman–Crippen LogP) is 6.32. The predicted molar refractivity (Wildman–Crippen MR) is 252 cm³/mol. The Labute approximate surface area is 379 Å². The van der Waals surface area contributed by atoms with Gasteiger partial charge in [-0.15, -0.1) is 0 Å². The lowest BCUT2D eigenvalue weighted by atomic mass is 10.2. The molecule has 2 aromatic carbocycles. The van der Waals surface area contributed by atoms with Crippen LogP contribution in [0.1, 0.15) is 34.6 Å². The Hall–Kier alpha value is -7.18. The molecule has 2 aliphatic rings. The molecule has 4 aromatic heterocycles. The molecular formula is C47H58N12O6. The molecule has 0 radical (unpaired) electrons. The molecule has 0 amide bonds. The van der Waals surface area contributed by atoms with Crippen LogP contribution in [0.2, 0.25) is 0 Å². The molecule has 0 atom stereocenters. The number of piperazine rings is 2. The van der Waals surface area contributed by atoms with E-state index in [1.807, 2.05) is 41.9 Å². The van der Waals surface area contributed by atoms with Crippen molar-refractivity contribution in [3.63, 3.8) is 0 Å². The highest BCUT2D eigenvalue weighted by Gasteiger charge is 2.20. The average molecular weight is 887 g/mol. The van der Waals surface area contributed by atoms with Crippen LogP contribution in [0, 0.1) is 0 Å². The molecule has 342 valence electrons. The Morgan fingerprint density at radius 1 is 0.631 bits per heavy atom. The van der Waals surface area contributed by atoms with Crippen molar-refractivity contribution < 1.29 is 28.5 Å². The highest BCUT2D eigenvalue weighted by atomic mass is 16.5. The van der Waals surface area contributed by atoms with Gasteiger partial charge in [0.2, 0.25) is 11.9 Å². The minimum absolute atomic E-state index is 0.330. The molecule has 0 aliphatic carbocycles. The molecule has 2 aliphatic heterocycles. The van der Waals surface area contributed by atoms with Crippen molar-refractivity contribution in [2.45, 2.75) is 13.8 Å². The summed E-state index contributed by atoms with van der Waals surface area (Å²) in [7, 11) is 9.47. The lowest BCUT2D eigenvalue weighted by molar-refractivity contribution is 0.0517. The Kier molecular flexibility index (Phi) is 15.1. The number of methoxy groups -OCH3 is 2. The number of H-pyrrole nitrogens is 1. The first kappa shape index (κ1) is 45.8. The number of benzene rings is 2. The van der Waals surface area contributed by atoms with E-state index in [0.717, 1.165) is 92.3 Å². The van der Waals surface area contributed by atoms with Gasteiger partial charge in [-0.05, 0) is 76.5 Å². The molecule has 0 spiro atoms. The van der Waals surface area contributed by atoms with Crippen LogP contribution in [-0.2, 0) is 16.5 Å². The third kappa shape index (κ3) is 11.5. The fourth-order valence-electron chi connectivity index (χ4n) is 7.48. The summed E-state index contributed by atoms with van der Waals surface area (Å²) < 4.78 is 23.3. The minimum Gasteiger partial charge on any atom is -0.494 e. The maximum absolute atomic E-state index is 12.1. The van der Waals surface area contributed by atoms with Gasteiger partial charge in [-0.2, -0.15) is 0 Å². The average Bonchev–Trinajstić information content (AvgIpc) is 3.98. The molecule has 2 saturated heterocycles. The van der Waals surface area contributed by atoms with Gasteiger partial charge in [-0.1, -0.05) is 0 Å². The van der Waals surface area contributed by atoms with Crippen LogP contribution in [0.25, 0.3) is 22.8 Å². The Morgan fingerprint density at radius 3 is 1.63 bits per heavy atom. The van der Waals surface area contributed by atoms with E-state index in [1.54, 1.807) is 71.1 Å². The number of rotatable bonds is 14. The van der Waals surface area contributed by atoms with E-state index in [-0.39, 0.29) is 11.9 Å². The van der Waals surface area contributed by atoms with Gasteiger partial charge >= 0.3 is 11.9 Å². The summed E-state index contributed by atoms with van der Waals surface area (Å²) in [6.07, 6.45) is 6.71. The van der Waals surface area contributed by atoms with Gasteiger partial charge in [0.25, 0.3) is 0 Å². The SMILES string of the molecule is CCOC(=O)c1c[nH]c(-c2ccnc(Nc3ccc(N4CCN(C)CC4)cc3OC)n2)c1.CCOC(=O)c1cc(-c2ccnc(Nc3ccc(N4CCN(C)CC4)cc3OC)n2)n(C)c1. The number of hydrogen-bond donors (Lipinski definition) is 3. The molecule has 0 saturated carbocycles. The number of esters is 2. The van der Waals surface area contributed by atoms with Gasteiger partial charge in [0.1, 0.15) is 11.5 Å². The number of hydrogen-bond acceptors (Lipinski definition) is 16. The van der Waals surface area contributed by atoms with E-state index in [9.17, 15) is 9.59 Å². The topological polar surface area (TPSA) is 180 Å². The van der Waals surface area contributed by atoms with Crippen molar-refractivity contribution >= 4 is 46.6 Å². The van der Waals surface area contributed by atoms with Crippen molar-refractivity contribution in [1.29, 1.82) is 0 Å². The van der Waals surface area contributed by atoms with Crippen LogP contribution >= 0.6 is 0 Å². The number of aryl methyl sites for hydroxylation is 1. The standard InChI is InChI=1S/C24H30N6O3.C23H28N6O3/c1-5-33-23(31)17-14-21(29(3)16-17)19-8-9-25-24(26-19)27-20-7-6-18(15-22(20)32-4)30-12-10-28(2)11-13-30;1-4-32-22(30)16-13-20(25-15-16)18-7-8-24-23(26-18)27-19-6-5-17(14-21(19)31-3)29-11-9-28(2)10-12-29/h6-9,14-16H,5,10-13H2,1-4H3,(H,25,26,27);5-8,13-15,25H,4,9-12H2,1-3H3,(H,24,26,27). The van der Waals surface area contributed by atoms with E-state index < -0.39 is 0 Å². The molecule has 18 nitrogen and oxygen atoms in total. The number of aromatic amines is 1. The van der Waals surface area contributed by atoms with E-state index in [1.165, 1.54) is 0 Å². The molecule has 0 bridgehead atoms. The van der Waals surface area contributed by atoms with Crippen LogP contribution in [0.4, 0.5) is 34.6 Å². The van der Waals surface area contributed by atoms with E-state index >= 15 is 0 Å². The highest BCUT2D eigenvalue weighted by molar-refractivity contribution is 5.91. The summed E-state index contributed by atoms with van der Waals surface area (Å²) >= 11 is 0. The number of anilines is 6. The van der Waals surface area contributed by atoms with Gasteiger partial charge in [0, 0.05) is 108 Å². The molecule has 2 fully saturated rings. The molecule has 6 heterocycles. The summed E-state index contributed by atoms with van der Waals surface area (Å²) in [4.78, 5) is 54.4. The second-order valence-electron chi connectivity index (χ2n) is 15.6. The number of nitrogens with zero attached hydrogens (tertiary/aromatic N) is 9. The summed E-state index contributed by atoms with van der Waals surface area (Å²) in [5.41, 5.74) is 7.62. The molecule has 8 rings (SSSR count). The van der Waals surface area contributed by atoms with Crippen molar-refractivity contribution in [2.24, 2.45) is 7.05 Å². The maximum atomic E-state index is 12.1. The van der Waals surface area contributed by atoms with Crippen molar-refractivity contribution in [1.82, 2.24) is 39.3 Å². The minimum atomic E-state index is -0.368. The summed E-state index contributed by atoms with van der Waals surface area (Å²) in [5, 5.41) is 6.51. The Bertz CT molecular complexity index is 2540. The van der Waals surface area contributed by atoms with Crippen LogP contribution in [0.15, 0.2) is 85.5 Å². The van der Waals surface area contributed by atoms with Crippen molar-refractivity contribution in [3.8, 4) is 34.3 Å². The number of nitrogens with one attached hydrogen (secondary N) is 3. The lowest BCUT2D eigenvalue weighted by Crippen LogP contribution is -2.44. The zero-order valence-corrected chi connectivity index (χ0v) is 38.1. The van der Waals surface area contributed by atoms with E-state index in [4.69, 9.17) is 18.9 Å². The monoisotopic (exact) mass is 886 g/mol. The lowest BCUT2D eigenvalue weighted by Gasteiger charge is -2.34. The molecule has 65 heavy (non-hydrogen) atoms. The fraction of sp³-hybridized carbons (Fsp3) is 0.362. The van der Waals surface area contributed by atoms with Gasteiger partial charge < -0.3 is 58.7 Å². The zero-order chi connectivity index (χ0) is 45.9. The Balaban J connectivity index is 0.000000194. The van der Waals surface area contributed by atoms with Gasteiger partial charge in [-0.25, -0.2) is 29.5 Å². The Morgan fingerprint density at radius 2 is 1.12 bits per heavy atom. The quantitative estimate of drug-likeness (QED) is 0.103. The largest absolute Gasteiger partial charge is 0.494 e. The van der Waals surface area contributed by atoms with Crippen molar-refractivity contribution in [3.05, 3.63) is 96.6 Å². The van der Waals surface area contributed by atoms with Gasteiger partial charge in [0.05, 0.1) is 72.7 Å². The smallest absolute Gasteiger partial charge is 0.339 e.